The fourth-order valence-corrected chi connectivity index (χ4v) is 4.54. The van der Waals surface area contributed by atoms with Gasteiger partial charge in [0.15, 0.2) is 0 Å². The molecular weight excluding hydrogens is 340 g/mol. The number of rotatable bonds is 8. The molecule has 1 aliphatic rings. The lowest BCUT2D eigenvalue weighted by Gasteiger charge is -2.48. The van der Waals surface area contributed by atoms with Gasteiger partial charge in [-0.15, -0.1) is 0 Å². The largest absolute Gasteiger partial charge is 0.337 e. The first kappa shape index (κ1) is 19.7. The number of hydrogen-bond donors (Lipinski definition) is 2. The van der Waals surface area contributed by atoms with Crippen LogP contribution in [0.1, 0.15) is 39.3 Å². The number of amides is 2. The molecule has 0 bridgehead atoms. The van der Waals surface area contributed by atoms with E-state index in [1.165, 1.54) is 4.31 Å². The fraction of sp³-hybridized carbons (Fsp3) is 0.647. The van der Waals surface area contributed by atoms with Crippen LogP contribution in [0.4, 0.5) is 4.79 Å². The van der Waals surface area contributed by atoms with Crippen LogP contribution in [0.3, 0.4) is 0 Å². The van der Waals surface area contributed by atoms with Gasteiger partial charge in [0.05, 0.1) is 16.9 Å². The molecule has 2 amide bonds. The van der Waals surface area contributed by atoms with Gasteiger partial charge < -0.3 is 10.6 Å². The molecule has 0 aliphatic carbocycles. The highest BCUT2D eigenvalue weighted by Crippen LogP contribution is 2.35. The molecule has 1 aromatic rings. The summed E-state index contributed by atoms with van der Waals surface area (Å²) < 4.78 is 26.0. The van der Waals surface area contributed by atoms with Crippen molar-refractivity contribution >= 4 is 16.1 Å². The second-order valence-corrected chi connectivity index (χ2v) is 8.80. The molecule has 140 valence electrons. The van der Waals surface area contributed by atoms with E-state index < -0.39 is 15.4 Å². The standard InChI is InChI=1S/C17H28N4O3S/c1-4-10-25(23,24)21-12-17(13-21,15-8-6-7-9-18-15)11-19-16(22)20-14(3)5-2/h6-9,14H,4-5,10-13H2,1-3H3,(H2,19,20,22). The van der Waals surface area contributed by atoms with E-state index in [0.29, 0.717) is 26.1 Å². The van der Waals surface area contributed by atoms with Crippen LogP contribution in [-0.2, 0) is 15.4 Å². The Hall–Kier alpha value is -1.67. The molecule has 1 aromatic heterocycles. The van der Waals surface area contributed by atoms with Crippen molar-refractivity contribution < 1.29 is 13.2 Å². The van der Waals surface area contributed by atoms with Crippen LogP contribution in [0, 0.1) is 0 Å². The first-order valence-corrected chi connectivity index (χ1v) is 10.4. The van der Waals surface area contributed by atoms with Crippen molar-refractivity contribution in [2.45, 2.75) is 45.1 Å². The zero-order chi connectivity index (χ0) is 18.5. The van der Waals surface area contributed by atoms with Crippen molar-refractivity contribution in [3.05, 3.63) is 30.1 Å². The molecule has 1 saturated heterocycles. The molecule has 0 radical (unpaired) electrons. The summed E-state index contributed by atoms with van der Waals surface area (Å²) in [5, 5.41) is 5.74. The number of nitrogens with one attached hydrogen (secondary N) is 2. The van der Waals surface area contributed by atoms with E-state index in [2.05, 4.69) is 15.6 Å². The summed E-state index contributed by atoms with van der Waals surface area (Å²) in [6, 6.07) is 5.45. The maximum atomic E-state index is 12.3. The molecule has 2 heterocycles. The van der Waals surface area contributed by atoms with Gasteiger partial charge in [0.25, 0.3) is 0 Å². The predicted molar refractivity (Wildman–Crippen MR) is 97.9 cm³/mol. The van der Waals surface area contributed by atoms with Gasteiger partial charge in [0.2, 0.25) is 10.0 Å². The first-order valence-electron chi connectivity index (χ1n) is 8.76. The summed E-state index contributed by atoms with van der Waals surface area (Å²) >= 11 is 0. The molecule has 2 N–H and O–H groups in total. The van der Waals surface area contributed by atoms with Crippen LogP contribution in [0.25, 0.3) is 0 Å². The third kappa shape index (κ3) is 4.70. The van der Waals surface area contributed by atoms with Crippen molar-refractivity contribution in [2.24, 2.45) is 0 Å². The summed E-state index contributed by atoms with van der Waals surface area (Å²) in [6.45, 7) is 6.83. The number of carbonyl (C=O) groups is 1. The number of carbonyl (C=O) groups excluding carboxylic acids is 1. The van der Waals surface area contributed by atoms with E-state index in [-0.39, 0.29) is 17.8 Å². The summed E-state index contributed by atoms with van der Waals surface area (Å²) in [5.41, 5.74) is 0.330. The minimum atomic E-state index is -3.24. The van der Waals surface area contributed by atoms with E-state index >= 15 is 0 Å². The van der Waals surface area contributed by atoms with Gasteiger partial charge in [0.1, 0.15) is 0 Å². The molecule has 2 rings (SSSR count). The van der Waals surface area contributed by atoms with Crippen molar-refractivity contribution in [3.8, 4) is 0 Å². The average Bonchev–Trinajstić information content (AvgIpc) is 2.54. The van der Waals surface area contributed by atoms with E-state index in [9.17, 15) is 13.2 Å². The molecule has 1 aliphatic heterocycles. The maximum Gasteiger partial charge on any atom is 0.315 e. The van der Waals surface area contributed by atoms with E-state index in [4.69, 9.17) is 0 Å². The van der Waals surface area contributed by atoms with Gasteiger partial charge >= 0.3 is 6.03 Å². The van der Waals surface area contributed by atoms with Crippen LogP contribution >= 0.6 is 0 Å². The molecule has 0 aromatic carbocycles. The lowest BCUT2D eigenvalue weighted by Crippen LogP contribution is -2.66. The quantitative estimate of drug-likeness (QED) is 0.727. The Bertz CT molecular complexity index is 672. The van der Waals surface area contributed by atoms with E-state index in [1.54, 1.807) is 6.20 Å². The lowest BCUT2D eigenvalue weighted by atomic mass is 9.78. The van der Waals surface area contributed by atoms with Gasteiger partial charge in [-0.05, 0) is 31.9 Å². The number of urea groups is 1. The molecule has 1 atom stereocenters. The molecule has 0 spiro atoms. The highest BCUT2D eigenvalue weighted by Gasteiger charge is 2.49. The number of hydrogen-bond acceptors (Lipinski definition) is 4. The molecule has 0 saturated carbocycles. The molecule has 7 nitrogen and oxygen atoms in total. The monoisotopic (exact) mass is 368 g/mol. The Balaban J connectivity index is 2.08. The number of sulfonamides is 1. The highest BCUT2D eigenvalue weighted by molar-refractivity contribution is 7.89. The van der Waals surface area contributed by atoms with Crippen molar-refractivity contribution in [1.82, 2.24) is 19.9 Å². The van der Waals surface area contributed by atoms with Gasteiger partial charge in [0, 0.05) is 31.9 Å². The van der Waals surface area contributed by atoms with Crippen molar-refractivity contribution in [2.75, 3.05) is 25.4 Å². The average molecular weight is 369 g/mol. The molecule has 8 heteroatoms. The second-order valence-electron chi connectivity index (χ2n) is 6.72. The Morgan fingerprint density at radius 3 is 2.64 bits per heavy atom. The van der Waals surface area contributed by atoms with Crippen LogP contribution in [-0.4, -0.2) is 55.2 Å². The van der Waals surface area contributed by atoms with Crippen LogP contribution in [0.15, 0.2) is 24.4 Å². The van der Waals surface area contributed by atoms with E-state index in [0.717, 1.165) is 12.1 Å². The normalized spacial score (nSPS) is 18.2. The summed E-state index contributed by atoms with van der Waals surface area (Å²) in [5.74, 6) is 0.146. The first-order chi connectivity index (χ1) is 11.8. The van der Waals surface area contributed by atoms with Gasteiger partial charge in [-0.1, -0.05) is 19.9 Å². The minimum absolute atomic E-state index is 0.0913. The second kappa shape index (κ2) is 8.14. The molecule has 1 unspecified atom stereocenters. The van der Waals surface area contributed by atoms with Crippen molar-refractivity contribution in [3.63, 3.8) is 0 Å². The predicted octanol–water partition coefficient (Wildman–Crippen LogP) is 1.47. The Kier molecular flexibility index (Phi) is 6.40. The van der Waals surface area contributed by atoms with Gasteiger partial charge in [-0.2, -0.15) is 4.31 Å². The Morgan fingerprint density at radius 1 is 1.36 bits per heavy atom. The van der Waals surface area contributed by atoms with Gasteiger partial charge in [-0.3, -0.25) is 4.98 Å². The van der Waals surface area contributed by atoms with Crippen molar-refractivity contribution in [1.29, 1.82) is 0 Å². The fourth-order valence-electron chi connectivity index (χ4n) is 2.88. The smallest absolute Gasteiger partial charge is 0.315 e. The summed E-state index contributed by atoms with van der Waals surface area (Å²) in [7, 11) is -3.24. The third-order valence-electron chi connectivity index (χ3n) is 4.60. The van der Waals surface area contributed by atoms with Gasteiger partial charge in [-0.25, -0.2) is 13.2 Å². The van der Waals surface area contributed by atoms with Crippen LogP contribution in [0.5, 0.6) is 0 Å². The lowest BCUT2D eigenvalue weighted by molar-refractivity contribution is 0.145. The molecular formula is C17H28N4O3S. The Morgan fingerprint density at radius 2 is 2.08 bits per heavy atom. The maximum absolute atomic E-state index is 12.3. The van der Waals surface area contributed by atoms with Crippen LogP contribution < -0.4 is 10.6 Å². The topological polar surface area (TPSA) is 91.4 Å². The summed E-state index contributed by atoms with van der Waals surface area (Å²) in [6.07, 6.45) is 3.13. The minimum Gasteiger partial charge on any atom is -0.337 e. The zero-order valence-corrected chi connectivity index (χ0v) is 16.0. The SMILES string of the molecule is CCCS(=O)(=O)N1CC(CNC(=O)NC(C)CC)(c2ccccn2)C1. The highest BCUT2D eigenvalue weighted by atomic mass is 32.2. The molecule has 25 heavy (non-hydrogen) atoms. The zero-order valence-electron chi connectivity index (χ0n) is 15.2. The number of nitrogens with zero attached hydrogens (tertiary/aromatic N) is 2. The molecule has 1 fully saturated rings. The summed E-state index contributed by atoms with van der Waals surface area (Å²) in [4.78, 5) is 16.4. The third-order valence-corrected chi connectivity index (χ3v) is 6.57. The Labute approximate surface area is 150 Å². The van der Waals surface area contributed by atoms with E-state index in [1.807, 2.05) is 39.0 Å². The van der Waals surface area contributed by atoms with Crippen LogP contribution in [0.2, 0.25) is 0 Å². The number of pyridine rings is 1. The number of aromatic nitrogens is 1.